The minimum Gasteiger partial charge on any atom is -0.455 e. The van der Waals surface area contributed by atoms with E-state index in [2.05, 4.69) is 211 Å². The third kappa shape index (κ3) is 5.80. The van der Waals surface area contributed by atoms with Crippen molar-refractivity contribution in [2.24, 2.45) is 0 Å². The first-order chi connectivity index (χ1) is 28.3. The number of thiophene rings is 1. The predicted molar refractivity (Wildman–Crippen MR) is 243 cm³/mol. The number of rotatable bonds is 7. The van der Waals surface area contributed by atoms with Crippen LogP contribution in [0.2, 0.25) is 0 Å². The van der Waals surface area contributed by atoms with Crippen LogP contribution < -0.4 is 4.90 Å². The average molecular weight is 746 g/mol. The summed E-state index contributed by atoms with van der Waals surface area (Å²) < 4.78 is 9.05. The van der Waals surface area contributed by atoms with Gasteiger partial charge >= 0.3 is 0 Å². The van der Waals surface area contributed by atoms with Crippen LogP contribution in [0.5, 0.6) is 0 Å². The predicted octanol–water partition coefficient (Wildman–Crippen LogP) is 16.1. The molecule has 11 aromatic rings. The molecule has 57 heavy (non-hydrogen) atoms. The number of benzene rings is 9. The van der Waals surface area contributed by atoms with Crippen molar-refractivity contribution < 1.29 is 4.42 Å². The van der Waals surface area contributed by atoms with E-state index in [0.29, 0.717) is 0 Å². The molecule has 9 aromatic carbocycles. The second-order valence-electron chi connectivity index (χ2n) is 14.5. The van der Waals surface area contributed by atoms with E-state index in [1.807, 2.05) is 17.4 Å². The summed E-state index contributed by atoms with van der Waals surface area (Å²) in [5.41, 5.74) is 14.6. The molecule has 0 amide bonds. The molecule has 0 saturated carbocycles. The molecule has 0 radical (unpaired) electrons. The van der Waals surface area contributed by atoms with Gasteiger partial charge < -0.3 is 9.32 Å². The highest BCUT2D eigenvalue weighted by Gasteiger charge is 2.21. The molecule has 0 aliphatic rings. The summed E-state index contributed by atoms with van der Waals surface area (Å²) in [7, 11) is 0. The lowest BCUT2D eigenvalue weighted by molar-refractivity contribution is 0.670. The number of furan rings is 1. The van der Waals surface area contributed by atoms with Crippen molar-refractivity contribution in [3.05, 3.63) is 212 Å². The van der Waals surface area contributed by atoms with Gasteiger partial charge in [-0.2, -0.15) is 0 Å². The number of anilines is 3. The molecule has 0 N–H and O–H groups in total. The summed E-state index contributed by atoms with van der Waals surface area (Å²) in [6.45, 7) is 0. The molecule has 0 aliphatic carbocycles. The van der Waals surface area contributed by atoms with Gasteiger partial charge in [-0.15, -0.1) is 11.3 Å². The van der Waals surface area contributed by atoms with Crippen molar-refractivity contribution in [3.63, 3.8) is 0 Å². The van der Waals surface area contributed by atoms with Crippen molar-refractivity contribution >= 4 is 70.5 Å². The first kappa shape index (κ1) is 33.2. The first-order valence-electron chi connectivity index (χ1n) is 19.3. The van der Waals surface area contributed by atoms with Crippen LogP contribution in [-0.4, -0.2) is 0 Å². The van der Waals surface area contributed by atoms with Crippen LogP contribution in [0.1, 0.15) is 0 Å². The van der Waals surface area contributed by atoms with E-state index in [-0.39, 0.29) is 0 Å². The molecule has 0 unspecified atom stereocenters. The summed E-state index contributed by atoms with van der Waals surface area (Å²) in [6, 6.07) is 76.2. The van der Waals surface area contributed by atoms with Gasteiger partial charge in [-0.1, -0.05) is 164 Å². The first-order valence-corrected chi connectivity index (χ1v) is 20.1. The van der Waals surface area contributed by atoms with Gasteiger partial charge in [-0.05, 0) is 87.5 Å². The van der Waals surface area contributed by atoms with Crippen molar-refractivity contribution in [2.45, 2.75) is 0 Å². The number of hydrogen-bond acceptors (Lipinski definition) is 3. The number of nitrogens with zero attached hydrogens (tertiary/aromatic N) is 1. The highest BCUT2D eigenvalue weighted by Crippen LogP contribution is 2.48. The monoisotopic (exact) mass is 745 g/mol. The third-order valence-corrected chi connectivity index (χ3v) is 12.3. The topological polar surface area (TPSA) is 16.4 Å². The fourth-order valence-corrected chi connectivity index (χ4v) is 9.57. The Balaban J connectivity index is 1.05. The largest absolute Gasteiger partial charge is 0.455 e. The molecule has 2 nitrogen and oxygen atoms in total. The van der Waals surface area contributed by atoms with E-state index in [1.54, 1.807) is 0 Å². The van der Waals surface area contributed by atoms with Gasteiger partial charge in [0.15, 0.2) is 0 Å². The molecular formula is C54H35NOS. The maximum absolute atomic E-state index is 6.50. The molecule has 0 bridgehead atoms. The summed E-state index contributed by atoms with van der Waals surface area (Å²) in [5.74, 6) is 0. The lowest BCUT2D eigenvalue weighted by Crippen LogP contribution is -2.10. The van der Waals surface area contributed by atoms with E-state index in [1.165, 1.54) is 42.4 Å². The number of hydrogen-bond donors (Lipinski definition) is 0. The SMILES string of the molecule is c1ccc(-c2ccc(N(c3ccc(-c4ccc5oc6c(-c7ccccc7)cccc6c5c4)cc3)c3ccc(-c4ccccc4)c4c3sc3ccccc34)cc2)cc1. The van der Waals surface area contributed by atoms with Crippen LogP contribution in [0.4, 0.5) is 17.1 Å². The van der Waals surface area contributed by atoms with Gasteiger partial charge in [-0.3, -0.25) is 0 Å². The minimum absolute atomic E-state index is 0.894. The van der Waals surface area contributed by atoms with E-state index in [0.717, 1.165) is 61.3 Å². The zero-order valence-corrected chi connectivity index (χ0v) is 31.8. The van der Waals surface area contributed by atoms with Gasteiger partial charge in [0.05, 0.1) is 10.4 Å². The molecule has 0 spiro atoms. The van der Waals surface area contributed by atoms with Gasteiger partial charge in [0.2, 0.25) is 0 Å². The zero-order valence-electron chi connectivity index (χ0n) is 31.0. The fraction of sp³-hybridized carbons (Fsp3) is 0. The standard InChI is InChI=1S/C54H35NOS/c1-4-13-36(14-5-1)37-23-28-42(29-24-37)55(49-33-32-44(39-15-6-2-7-16-39)52-47-19-10-11-22-51(47)57-54(49)52)43-30-25-38(26-31-43)41-27-34-50-48(35-41)46-21-12-20-45(53(46)56-50)40-17-8-3-9-18-40/h1-35H. The number of para-hydroxylation sites is 1. The zero-order chi connectivity index (χ0) is 37.7. The van der Waals surface area contributed by atoms with Gasteiger partial charge in [-0.25, -0.2) is 0 Å². The van der Waals surface area contributed by atoms with Crippen molar-refractivity contribution in [3.8, 4) is 44.5 Å². The molecule has 2 aromatic heterocycles. The van der Waals surface area contributed by atoms with Crippen LogP contribution in [-0.2, 0) is 0 Å². The lowest BCUT2D eigenvalue weighted by atomic mass is 9.98. The van der Waals surface area contributed by atoms with Crippen LogP contribution in [0.25, 0.3) is 86.6 Å². The van der Waals surface area contributed by atoms with E-state index in [4.69, 9.17) is 4.42 Å². The smallest absolute Gasteiger partial charge is 0.143 e. The van der Waals surface area contributed by atoms with Gasteiger partial charge in [0, 0.05) is 43.2 Å². The van der Waals surface area contributed by atoms with E-state index in [9.17, 15) is 0 Å². The highest BCUT2D eigenvalue weighted by molar-refractivity contribution is 7.26. The third-order valence-electron chi connectivity index (χ3n) is 11.1. The van der Waals surface area contributed by atoms with E-state index >= 15 is 0 Å². The Kier molecular flexibility index (Phi) is 8.04. The molecule has 0 aliphatic heterocycles. The lowest BCUT2D eigenvalue weighted by Gasteiger charge is -2.27. The summed E-state index contributed by atoms with van der Waals surface area (Å²) >= 11 is 1.87. The summed E-state index contributed by atoms with van der Waals surface area (Å²) in [4.78, 5) is 2.42. The van der Waals surface area contributed by atoms with Crippen LogP contribution >= 0.6 is 11.3 Å². The van der Waals surface area contributed by atoms with Crippen LogP contribution in [0.3, 0.4) is 0 Å². The van der Waals surface area contributed by atoms with Gasteiger partial charge in [0.1, 0.15) is 11.2 Å². The van der Waals surface area contributed by atoms with Gasteiger partial charge in [0.25, 0.3) is 0 Å². The Morgan fingerprint density at radius 3 is 1.60 bits per heavy atom. The quantitative estimate of drug-likeness (QED) is 0.162. The molecule has 2 heterocycles. The van der Waals surface area contributed by atoms with Crippen molar-refractivity contribution in [1.82, 2.24) is 0 Å². The highest BCUT2D eigenvalue weighted by atomic mass is 32.1. The average Bonchev–Trinajstić information content (AvgIpc) is 3.87. The molecule has 0 atom stereocenters. The Hall–Kier alpha value is -7.20. The minimum atomic E-state index is 0.894. The second kappa shape index (κ2) is 13.8. The van der Waals surface area contributed by atoms with Crippen molar-refractivity contribution in [2.75, 3.05) is 4.90 Å². The summed E-state index contributed by atoms with van der Waals surface area (Å²) in [5, 5.41) is 4.82. The Morgan fingerprint density at radius 1 is 0.368 bits per heavy atom. The maximum atomic E-state index is 6.50. The van der Waals surface area contributed by atoms with Crippen LogP contribution in [0.15, 0.2) is 217 Å². The second-order valence-corrected chi connectivity index (χ2v) is 15.5. The molecule has 0 saturated heterocycles. The number of fused-ring (bicyclic) bond motifs is 6. The van der Waals surface area contributed by atoms with E-state index < -0.39 is 0 Å². The summed E-state index contributed by atoms with van der Waals surface area (Å²) in [6.07, 6.45) is 0. The van der Waals surface area contributed by atoms with Crippen LogP contribution in [0, 0.1) is 0 Å². The molecule has 0 fully saturated rings. The maximum Gasteiger partial charge on any atom is 0.143 e. The fourth-order valence-electron chi connectivity index (χ4n) is 8.34. The molecule has 3 heteroatoms. The normalized spacial score (nSPS) is 11.5. The molecular weight excluding hydrogens is 711 g/mol. The van der Waals surface area contributed by atoms with Crippen molar-refractivity contribution in [1.29, 1.82) is 0 Å². The molecule has 268 valence electrons. The Labute approximate surface area is 335 Å². The Bertz CT molecular complexity index is 3200. The Morgan fingerprint density at radius 2 is 0.912 bits per heavy atom. The molecule has 11 rings (SSSR count).